The van der Waals surface area contributed by atoms with Crippen LogP contribution in [-0.2, 0) is 0 Å². The molecule has 1 aliphatic carbocycles. The Morgan fingerprint density at radius 2 is 2.17 bits per heavy atom. The second kappa shape index (κ2) is 4.65. The molecule has 1 unspecified atom stereocenters. The first-order chi connectivity index (χ1) is 8.66. The van der Waals surface area contributed by atoms with Crippen LogP contribution in [0.1, 0.15) is 18.4 Å². The van der Waals surface area contributed by atoms with Gasteiger partial charge in [-0.05, 0) is 0 Å². The Balaban J connectivity index is 2.10. The summed E-state index contributed by atoms with van der Waals surface area (Å²) < 4.78 is 14.4. The molecule has 0 radical (unpaired) electrons. The molecule has 1 heterocycles. The fraction of sp³-hybridized carbons (Fsp3) is 0.333. The molecule has 18 heavy (non-hydrogen) atoms. The first-order valence-corrected chi connectivity index (χ1v) is 8.05. The molecule has 3 heteroatoms. The van der Waals surface area contributed by atoms with Crippen LogP contribution in [-0.4, -0.2) is 39.5 Å². The Morgan fingerprint density at radius 1 is 1.33 bits per heavy atom. The number of hydrogen-bond acceptors (Lipinski definition) is 1. The minimum absolute atomic E-state index is 0.116. The van der Waals surface area contributed by atoms with Crippen LogP contribution >= 0.6 is 0 Å². The molecule has 0 saturated carbocycles. The number of rotatable bonds is 2. The molecule has 0 fully saturated rings. The van der Waals surface area contributed by atoms with Gasteiger partial charge in [0.2, 0.25) is 0 Å². The second-order valence-electron chi connectivity index (χ2n) is 5.01. The van der Waals surface area contributed by atoms with Crippen LogP contribution in [0.4, 0.5) is 4.39 Å². The molecule has 94 valence electrons. The number of benzene rings is 1. The van der Waals surface area contributed by atoms with E-state index in [-0.39, 0.29) is 20.3 Å². The second-order valence-corrected chi connectivity index (χ2v) is 6.92. The SMILES string of the molecule is CN(C)C1CCC=C1c1c[se]c2cc(F)ccc12. The average Bonchev–Trinajstić information content (AvgIpc) is 2.92. The first-order valence-electron chi connectivity index (χ1n) is 6.20. The Kier molecular flexibility index (Phi) is 3.14. The third kappa shape index (κ3) is 1.97. The van der Waals surface area contributed by atoms with Gasteiger partial charge in [0.05, 0.1) is 0 Å². The van der Waals surface area contributed by atoms with E-state index in [1.165, 1.54) is 27.2 Å². The maximum absolute atomic E-state index is 13.2. The van der Waals surface area contributed by atoms with Gasteiger partial charge in [0.15, 0.2) is 0 Å². The summed E-state index contributed by atoms with van der Waals surface area (Å²) in [7, 11) is 4.27. The van der Waals surface area contributed by atoms with E-state index in [0.717, 1.165) is 6.42 Å². The van der Waals surface area contributed by atoms with Crippen molar-refractivity contribution in [1.29, 1.82) is 0 Å². The standard InChI is InChI=1S/C15H16FNSe/c1-17(2)14-5-3-4-11(14)13-9-18-15-8-10(16)6-7-12(13)15/h4,6-9,14H,3,5H2,1-2H3. The van der Waals surface area contributed by atoms with E-state index in [1.807, 2.05) is 6.07 Å². The van der Waals surface area contributed by atoms with Gasteiger partial charge in [-0.25, -0.2) is 0 Å². The van der Waals surface area contributed by atoms with Crippen molar-refractivity contribution in [3.05, 3.63) is 40.6 Å². The third-order valence-corrected chi connectivity index (χ3v) is 5.62. The molecule has 1 nitrogen and oxygen atoms in total. The topological polar surface area (TPSA) is 3.24 Å². The van der Waals surface area contributed by atoms with Gasteiger partial charge in [-0.2, -0.15) is 0 Å². The summed E-state index contributed by atoms with van der Waals surface area (Å²) >= 11 is 0.285. The number of hydrogen-bond donors (Lipinski definition) is 0. The van der Waals surface area contributed by atoms with Gasteiger partial charge in [-0.3, -0.25) is 0 Å². The van der Waals surface area contributed by atoms with E-state index in [9.17, 15) is 4.39 Å². The van der Waals surface area contributed by atoms with Crippen molar-refractivity contribution < 1.29 is 4.39 Å². The zero-order chi connectivity index (χ0) is 12.7. The molecule has 1 aliphatic rings. The predicted octanol–water partition coefficient (Wildman–Crippen LogP) is 3.14. The van der Waals surface area contributed by atoms with E-state index in [0.29, 0.717) is 6.04 Å². The molecule has 1 aromatic heterocycles. The molecule has 0 aliphatic heterocycles. The Morgan fingerprint density at radius 3 is 2.94 bits per heavy atom. The summed E-state index contributed by atoms with van der Waals surface area (Å²) in [6.45, 7) is 0. The summed E-state index contributed by atoms with van der Waals surface area (Å²) in [6.07, 6.45) is 4.70. The zero-order valence-corrected chi connectivity index (χ0v) is 12.3. The maximum atomic E-state index is 13.2. The van der Waals surface area contributed by atoms with Crippen LogP contribution in [0, 0.1) is 5.82 Å². The molecule has 0 N–H and O–H groups in total. The third-order valence-electron chi connectivity index (χ3n) is 3.64. The van der Waals surface area contributed by atoms with Crippen molar-refractivity contribution in [2.24, 2.45) is 0 Å². The van der Waals surface area contributed by atoms with Crippen molar-refractivity contribution in [1.82, 2.24) is 4.90 Å². The summed E-state index contributed by atoms with van der Waals surface area (Å²) in [4.78, 5) is 4.60. The molecule has 0 spiro atoms. The van der Waals surface area contributed by atoms with Crippen molar-refractivity contribution in [2.45, 2.75) is 18.9 Å². The van der Waals surface area contributed by atoms with Crippen LogP contribution in [0.2, 0.25) is 0 Å². The van der Waals surface area contributed by atoms with Crippen LogP contribution in [0.25, 0.3) is 15.2 Å². The summed E-state index contributed by atoms with van der Waals surface area (Å²) in [5.74, 6) is -0.116. The predicted molar refractivity (Wildman–Crippen MR) is 75.5 cm³/mol. The van der Waals surface area contributed by atoms with E-state index < -0.39 is 0 Å². The molecule has 0 saturated heterocycles. The van der Waals surface area contributed by atoms with Crippen LogP contribution in [0.5, 0.6) is 0 Å². The Hall–Kier alpha value is -0.891. The number of nitrogens with zero attached hydrogens (tertiary/aromatic N) is 1. The van der Waals surface area contributed by atoms with Crippen molar-refractivity contribution >= 4 is 29.7 Å². The molecule has 1 aromatic carbocycles. The fourth-order valence-corrected chi connectivity index (χ4v) is 4.82. The molecular weight excluding hydrogens is 292 g/mol. The van der Waals surface area contributed by atoms with Crippen LogP contribution in [0.3, 0.4) is 0 Å². The van der Waals surface area contributed by atoms with Gasteiger partial charge in [0, 0.05) is 0 Å². The Bertz CT molecular complexity index is 612. The van der Waals surface area contributed by atoms with Gasteiger partial charge >= 0.3 is 113 Å². The van der Waals surface area contributed by atoms with E-state index in [4.69, 9.17) is 0 Å². The monoisotopic (exact) mass is 309 g/mol. The molecule has 0 amide bonds. The minimum atomic E-state index is -0.116. The van der Waals surface area contributed by atoms with Crippen molar-refractivity contribution in [3.63, 3.8) is 0 Å². The van der Waals surface area contributed by atoms with Gasteiger partial charge in [0.1, 0.15) is 0 Å². The van der Waals surface area contributed by atoms with Crippen molar-refractivity contribution in [3.8, 4) is 0 Å². The molecule has 1 atom stereocenters. The number of allylic oxidation sites excluding steroid dienone is 1. The fourth-order valence-electron chi connectivity index (χ4n) is 2.74. The average molecular weight is 308 g/mol. The molecule has 3 rings (SSSR count). The first kappa shape index (κ1) is 12.2. The molecule has 0 bridgehead atoms. The zero-order valence-electron chi connectivity index (χ0n) is 10.6. The van der Waals surface area contributed by atoms with Crippen molar-refractivity contribution in [2.75, 3.05) is 14.1 Å². The normalized spacial score (nSPS) is 19.8. The summed E-state index contributed by atoms with van der Waals surface area (Å²) in [5, 5.41) is 1.25. The molecular formula is C15H16FNSe. The quantitative estimate of drug-likeness (QED) is 0.771. The van der Waals surface area contributed by atoms with Gasteiger partial charge in [0.25, 0.3) is 0 Å². The van der Waals surface area contributed by atoms with Gasteiger partial charge < -0.3 is 0 Å². The van der Waals surface area contributed by atoms with E-state index >= 15 is 0 Å². The summed E-state index contributed by atoms with van der Waals surface area (Å²) in [5.41, 5.74) is 2.79. The Labute approximate surface area is 113 Å². The summed E-state index contributed by atoms with van der Waals surface area (Å²) in [6, 6.07) is 5.73. The van der Waals surface area contributed by atoms with Crippen LogP contribution in [0.15, 0.2) is 29.2 Å². The van der Waals surface area contributed by atoms with E-state index in [2.05, 4.69) is 30.0 Å². The van der Waals surface area contributed by atoms with Gasteiger partial charge in [-0.1, -0.05) is 0 Å². The van der Waals surface area contributed by atoms with Gasteiger partial charge in [-0.15, -0.1) is 0 Å². The number of halogens is 1. The van der Waals surface area contributed by atoms with E-state index in [1.54, 1.807) is 12.1 Å². The van der Waals surface area contributed by atoms with Crippen LogP contribution < -0.4 is 0 Å². The molecule has 2 aromatic rings. The number of fused-ring (bicyclic) bond motifs is 1. The number of likely N-dealkylation sites (N-methyl/N-ethyl adjacent to an activating group) is 1.